The molecule has 2 aliphatic heterocycles. The largest absolute Gasteiger partial charge is 0.280 e. The van der Waals surface area contributed by atoms with Gasteiger partial charge in [0, 0.05) is 0 Å². The van der Waals surface area contributed by atoms with Crippen LogP contribution < -0.4 is 4.90 Å². The molecule has 1 atom stereocenters. The predicted octanol–water partition coefficient (Wildman–Crippen LogP) is 4.17. The molecule has 30 heavy (non-hydrogen) atoms. The molecule has 2 heterocycles. The van der Waals surface area contributed by atoms with Gasteiger partial charge in [-0.2, -0.15) is 0 Å². The van der Waals surface area contributed by atoms with Gasteiger partial charge in [-0.3, -0.25) is 19.3 Å². The lowest BCUT2D eigenvalue weighted by atomic mass is 10.1. The molecule has 0 aliphatic carbocycles. The van der Waals surface area contributed by atoms with Gasteiger partial charge in [-0.15, -0.1) is 0 Å². The highest BCUT2D eigenvalue weighted by Gasteiger charge is 2.48. The summed E-state index contributed by atoms with van der Waals surface area (Å²) in [6, 6.07) is 17.6. The van der Waals surface area contributed by atoms with Crippen LogP contribution >= 0.6 is 24.0 Å². The van der Waals surface area contributed by atoms with E-state index in [1.165, 1.54) is 4.90 Å². The minimum Gasteiger partial charge on any atom is -0.280 e. The number of allylic oxidation sites excluding steroid dienone is 2. The fourth-order valence-corrected chi connectivity index (χ4v) is 4.88. The maximum absolute atomic E-state index is 13.0. The van der Waals surface area contributed by atoms with Crippen LogP contribution in [-0.2, 0) is 14.4 Å². The second-order valence-corrected chi connectivity index (χ2v) is 8.65. The van der Waals surface area contributed by atoms with E-state index in [0.29, 0.717) is 14.9 Å². The number of nitrogens with zero attached hydrogens (tertiary/aromatic N) is 2. The first-order valence-corrected chi connectivity index (χ1v) is 10.6. The summed E-state index contributed by atoms with van der Waals surface area (Å²) in [7, 11) is 0. The first kappa shape index (κ1) is 20.3. The third-order valence-corrected chi connectivity index (χ3v) is 6.16. The molecule has 0 aromatic heterocycles. The number of thiocarbonyl (C=S) groups is 1. The van der Waals surface area contributed by atoms with Crippen LogP contribution in [0.15, 0.2) is 77.2 Å². The lowest BCUT2D eigenvalue weighted by Crippen LogP contribution is -2.44. The average Bonchev–Trinajstić information content (AvgIpc) is 3.17. The minimum absolute atomic E-state index is 0.0771. The highest BCUT2D eigenvalue weighted by molar-refractivity contribution is 8.26. The zero-order chi connectivity index (χ0) is 21.3. The van der Waals surface area contributed by atoms with Crippen molar-refractivity contribution in [2.24, 2.45) is 0 Å². The molecular weight excluding hydrogens is 416 g/mol. The summed E-state index contributed by atoms with van der Waals surface area (Å²) >= 11 is 6.54. The van der Waals surface area contributed by atoms with E-state index in [-0.39, 0.29) is 18.2 Å². The number of hydrogen-bond acceptors (Lipinski definition) is 5. The van der Waals surface area contributed by atoms with Crippen LogP contribution in [0.1, 0.15) is 18.9 Å². The Bertz CT molecular complexity index is 1090. The zero-order valence-corrected chi connectivity index (χ0v) is 17.8. The highest BCUT2D eigenvalue weighted by atomic mass is 32.2. The Kier molecular flexibility index (Phi) is 5.65. The molecule has 2 aromatic rings. The van der Waals surface area contributed by atoms with Crippen molar-refractivity contribution in [1.82, 2.24) is 4.90 Å². The Morgan fingerprint density at radius 3 is 2.33 bits per heavy atom. The van der Waals surface area contributed by atoms with Crippen LogP contribution in [0.4, 0.5) is 5.69 Å². The third kappa shape index (κ3) is 3.86. The van der Waals surface area contributed by atoms with Crippen LogP contribution in [0, 0.1) is 0 Å². The molecule has 0 spiro atoms. The van der Waals surface area contributed by atoms with Crippen molar-refractivity contribution in [2.45, 2.75) is 19.4 Å². The molecule has 150 valence electrons. The first-order valence-electron chi connectivity index (χ1n) is 9.38. The summed E-state index contributed by atoms with van der Waals surface area (Å²) in [4.78, 5) is 41.4. The van der Waals surface area contributed by atoms with Crippen molar-refractivity contribution in [3.05, 3.63) is 82.8 Å². The van der Waals surface area contributed by atoms with Crippen molar-refractivity contribution in [3.63, 3.8) is 0 Å². The van der Waals surface area contributed by atoms with Gasteiger partial charge in [0.25, 0.3) is 11.8 Å². The summed E-state index contributed by atoms with van der Waals surface area (Å²) in [6.07, 6.45) is 3.66. The number of amides is 3. The van der Waals surface area contributed by atoms with Gasteiger partial charge in [0.05, 0.1) is 17.0 Å². The number of hydrogen-bond donors (Lipinski definition) is 0. The van der Waals surface area contributed by atoms with E-state index in [0.717, 1.165) is 27.8 Å². The van der Waals surface area contributed by atoms with Gasteiger partial charge in [0.15, 0.2) is 0 Å². The average molecular weight is 435 g/mol. The molecule has 2 fully saturated rings. The smallest absolute Gasteiger partial charge is 0.266 e. The van der Waals surface area contributed by atoms with E-state index in [1.807, 2.05) is 49.4 Å². The SMILES string of the molecule is CC(/C=C1\SC(=S)N(C2CC(=O)N(c3ccccc3)C2=O)C1=O)=C\c1ccccc1. The third-order valence-electron chi connectivity index (χ3n) is 4.83. The van der Waals surface area contributed by atoms with Crippen LogP contribution in [-0.4, -0.2) is 33.0 Å². The van der Waals surface area contributed by atoms with Gasteiger partial charge < -0.3 is 0 Å². The van der Waals surface area contributed by atoms with Crippen molar-refractivity contribution in [3.8, 4) is 0 Å². The van der Waals surface area contributed by atoms with E-state index < -0.39 is 11.9 Å². The fraction of sp³-hybridized carbons (Fsp3) is 0.130. The molecule has 2 saturated heterocycles. The summed E-state index contributed by atoms with van der Waals surface area (Å²) in [5.74, 6) is -1.11. The van der Waals surface area contributed by atoms with E-state index in [1.54, 1.807) is 30.3 Å². The molecule has 0 radical (unpaired) electrons. The molecule has 0 bridgehead atoms. The molecule has 4 rings (SSSR count). The van der Waals surface area contributed by atoms with Gasteiger partial charge in [0.1, 0.15) is 10.4 Å². The van der Waals surface area contributed by atoms with Crippen molar-refractivity contribution in [1.29, 1.82) is 0 Å². The van der Waals surface area contributed by atoms with Crippen LogP contribution in [0.3, 0.4) is 0 Å². The maximum atomic E-state index is 13.0. The Labute approximate surface area is 184 Å². The van der Waals surface area contributed by atoms with Gasteiger partial charge in [-0.05, 0) is 36.3 Å². The molecule has 5 nitrogen and oxygen atoms in total. The van der Waals surface area contributed by atoms with Crippen molar-refractivity contribution in [2.75, 3.05) is 4.90 Å². The van der Waals surface area contributed by atoms with E-state index in [9.17, 15) is 14.4 Å². The second-order valence-electron chi connectivity index (χ2n) is 6.97. The Morgan fingerprint density at radius 2 is 1.67 bits per heavy atom. The van der Waals surface area contributed by atoms with Crippen LogP contribution in [0.25, 0.3) is 6.08 Å². The Morgan fingerprint density at radius 1 is 1.03 bits per heavy atom. The monoisotopic (exact) mass is 434 g/mol. The van der Waals surface area contributed by atoms with Gasteiger partial charge in [-0.1, -0.05) is 78.6 Å². The number of imide groups is 1. The lowest BCUT2D eigenvalue weighted by Gasteiger charge is -2.21. The van der Waals surface area contributed by atoms with Gasteiger partial charge in [-0.25, -0.2) is 4.90 Å². The standard InChI is InChI=1S/C23H18N2O3S2/c1-15(12-16-8-4-2-5-9-16)13-19-22(28)25(23(29)30-19)18-14-20(26)24(21(18)27)17-10-6-3-7-11-17/h2-13,18H,14H2,1H3/b15-12+,19-13-. The molecule has 7 heteroatoms. The van der Waals surface area contributed by atoms with Crippen LogP contribution in [0.5, 0.6) is 0 Å². The minimum atomic E-state index is -0.908. The fourth-order valence-electron chi connectivity index (χ4n) is 3.48. The molecule has 2 aliphatic rings. The number of para-hydroxylation sites is 1. The van der Waals surface area contributed by atoms with Gasteiger partial charge in [0.2, 0.25) is 5.91 Å². The molecule has 1 unspecified atom stereocenters. The lowest BCUT2D eigenvalue weighted by molar-refractivity contribution is -0.130. The topological polar surface area (TPSA) is 57.7 Å². The maximum Gasteiger partial charge on any atom is 0.266 e. The summed E-state index contributed by atoms with van der Waals surface area (Å²) < 4.78 is 0.292. The van der Waals surface area contributed by atoms with Crippen molar-refractivity contribution >= 4 is 57.8 Å². The number of rotatable bonds is 4. The molecule has 2 aromatic carbocycles. The number of thioether (sulfide) groups is 1. The molecule has 3 amide bonds. The quantitative estimate of drug-likeness (QED) is 0.411. The summed E-state index contributed by atoms with van der Waals surface area (Å²) in [5.41, 5.74) is 2.41. The number of benzene rings is 2. The summed E-state index contributed by atoms with van der Waals surface area (Å²) in [5, 5.41) is 0. The molecule has 0 N–H and O–H groups in total. The summed E-state index contributed by atoms with van der Waals surface area (Å²) in [6.45, 7) is 1.90. The van der Waals surface area contributed by atoms with Gasteiger partial charge >= 0.3 is 0 Å². The zero-order valence-electron chi connectivity index (χ0n) is 16.1. The molecular formula is C23H18N2O3S2. The normalized spacial score (nSPS) is 21.3. The second kappa shape index (κ2) is 8.38. The van der Waals surface area contributed by atoms with E-state index in [2.05, 4.69) is 0 Å². The van der Waals surface area contributed by atoms with Crippen molar-refractivity contribution < 1.29 is 14.4 Å². The van der Waals surface area contributed by atoms with E-state index in [4.69, 9.17) is 12.2 Å². The van der Waals surface area contributed by atoms with Crippen LogP contribution in [0.2, 0.25) is 0 Å². The first-order chi connectivity index (χ1) is 14.5. The number of anilines is 1. The predicted molar refractivity (Wildman–Crippen MR) is 123 cm³/mol. The number of carbonyl (C=O) groups is 3. The van der Waals surface area contributed by atoms with E-state index >= 15 is 0 Å². The highest BCUT2D eigenvalue weighted by Crippen LogP contribution is 2.37. The number of carbonyl (C=O) groups excluding carboxylic acids is 3. The Balaban J connectivity index is 1.57. The molecule has 0 saturated carbocycles. The Hall–Kier alpha value is -3.03.